The first-order chi connectivity index (χ1) is 16.1. The molecule has 0 aliphatic carbocycles. The largest absolute Gasteiger partial charge is 0.399 e. The molecule has 0 aliphatic rings. The molecule has 4 aromatic carbocycles. The van der Waals surface area contributed by atoms with Crippen LogP contribution < -0.4 is 11.5 Å². The average molecular weight is 483 g/mol. The van der Waals surface area contributed by atoms with Crippen molar-refractivity contribution < 1.29 is 0 Å². The summed E-state index contributed by atoms with van der Waals surface area (Å²) in [5, 5.41) is 0. The standard InChI is InChI=1S/C26H18N4S3/c27-17-11-7-15(8-12-17)19-3-1-5-21-23(19)29-25(31-21)33-26-30-24-20(4-2-6-22(24)32-26)16-9-13-18(28)14-10-16/h1-14H,27-28H2. The Hall–Kier alpha value is -3.39. The average Bonchev–Trinajstić information content (AvgIpc) is 3.43. The molecule has 2 heterocycles. The van der Waals surface area contributed by atoms with Gasteiger partial charge in [0.05, 0.1) is 20.4 Å². The molecule has 0 bridgehead atoms. The third-order valence-corrected chi connectivity index (χ3v) is 8.58. The van der Waals surface area contributed by atoms with Crippen molar-refractivity contribution in [3.63, 3.8) is 0 Å². The zero-order valence-corrected chi connectivity index (χ0v) is 19.8. The highest BCUT2D eigenvalue weighted by Gasteiger charge is 2.15. The second kappa shape index (κ2) is 8.19. The second-order valence-corrected chi connectivity index (χ2v) is 11.2. The van der Waals surface area contributed by atoms with Crippen molar-refractivity contribution in [3.05, 3.63) is 84.9 Å². The highest BCUT2D eigenvalue weighted by molar-refractivity contribution is 8.02. The molecule has 0 radical (unpaired) electrons. The van der Waals surface area contributed by atoms with Crippen LogP contribution in [0.3, 0.4) is 0 Å². The lowest BCUT2D eigenvalue weighted by atomic mass is 10.0. The number of thiazole rings is 2. The Morgan fingerprint density at radius 2 is 0.970 bits per heavy atom. The highest BCUT2D eigenvalue weighted by Crippen LogP contribution is 2.42. The molecule has 0 aliphatic heterocycles. The predicted molar refractivity (Wildman–Crippen MR) is 143 cm³/mol. The third-order valence-electron chi connectivity index (χ3n) is 5.42. The summed E-state index contributed by atoms with van der Waals surface area (Å²) in [5.74, 6) is 0. The number of aromatic nitrogens is 2. The molecule has 0 fully saturated rings. The minimum atomic E-state index is 0.759. The lowest BCUT2D eigenvalue weighted by Crippen LogP contribution is -1.85. The van der Waals surface area contributed by atoms with Gasteiger partial charge in [0.1, 0.15) is 0 Å². The van der Waals surface area contributed by atoms with E-state index >= 15 is 0 Å². The molecule has 6 rings (SSSR count). The Kier molecular flexibility index (Phi) is 5.02. The van der Waals surface area contributed by atoms with E-state index < -0.39 is 0 Å². The Labute approximate surface area is 202 Å². The Morgan fingerprint density at radius 1 is 0.545 bits per heavy atom. The molecule has 33 heavy (non-hydrogen) atoms. The maximum atomic E-state index is 5.87. The van der Waals surface area contributed by atoms with Crippen LogP contribution in [0.15, 0.2) is 93.6 Å². The zero-order chi connectivity index (χ0) is 22.4. The summed E-state index contributed by atoms with van der Waals surface area (Å²) in [6.45, 7) is 0. The van der Waals surface area contributed by atoms with Gasteiger partial charge in [0.2, 0.25) is 0 Å². The van der Waals surface area contributed by atoms with Gasteiger partial charge in [-0.15, -0.1) is 22.7 Å². The third kappa shape index (κ3) is 3.84. The lowest BCUT2D eigenvalue weighted by Gasteiger charge is -2.03. The summed E-state index contributed by atoms with van der Waals surface area (Å²) in [6, 6.07) is 28.5. The fraction of sp³-hybridized carbons (Fsp3) is 0. The van der Waals surface area contributed by atoms with Crippen molar-refractivity contribution >= 4 is 66.2 Å². The molecule has 4 nitrogen and oxygen atoms in total. The van der Waals surface area contributed by atoms with Crippen LogP contribution in [-0.4, -0.2) is 9.97 Å². The van der Waals surface area contributed by atoms with Gasteiger partial charge in [0, 0.05) is 22.5 Å². The Morgan fingerprint density at radius 3 is 1.39 bits per heavy atom. The monoisotopic (exact) mass is 482 g/mol. The van der Waals surface area contributed by atoms with E-state index in [0.717, 1.165) is 62.7 Å². The minimum absolute atomic E-state index is 0.759. The van der Waals surface area contributed by atoms with Crippen LogP contribution >= 0.6 is 34.4 Å². The number of fused-ring (bicyclic) bond motifs is 2. The van der Waals surface area contributed by atoms with Gasteiger partial charge in [-0.1, -0.05) is 48.5 Å². The zero-order valence-electron chi connectivity index (χ0n) is 17.4. The van der Waals surface area contributed by atoms with Gasteiger partial charge in [0.15, 0.2) is 8.68 Å². The summed E-state index contributed by atoms with van der Waals surface area (Å²) in [6.07, 6.45) is 0. The molecule has 7 heteroatoms. The minimum Gasteiger partial charge on any atom is -0.399 e. The van der Waals surface area contributed by atoms with Gasteiger partial charge >= 0.3 is 0 Å². The summed E-state index contributed by atoms with van der Waals surface area (Å²) < 4.78 is 4.30. The van der Waals surface area contributed by atoms with Gasteiger partial charge < -0.3 is 11.5 Å². The number of anilines is 2. The van der Waals surface area contributed by atoms with Gasteiger partial charge in [-0.05, 0) is 59.3 Å². The molecule has 0 saturated carbocycles. The molecule has 160 valence electrons. The van der Waals surface area contributed by atoms with Crippen LogP contribution in [0, 0.1) is 0 Å². The van der Waals surface area contributed by atoms with Crippen molar-refractivity contribution in [3.8, 4) is 22.3 Å². The molecular formula is C26H18N4S3. The van der Waals surface area contributed by atoms with Crippen molar-refractivity contribution in [1.29, 1.82) is 0 Å². The number of hydrogen-bond donors (Lipinski definition) is 2. The topological polar surface area (TPSA) is 77.8 Å². The molecule has 6 aromatic rings. The van der Waals surface area contributed by atoms with Crippen molar-refractivity contribution in [2.24, 2.45) is 0 Å². The van der Waals surface area contributed by atoms with Crippen LogP contribution in [-0.2, 0) is 0 Å². The molecule has 0 atom stereocenters. The van der Waals surface area contributed by atoms with E-state index in [9.17, 15) is 0 Å². The molecular weight excluding hydrogens is 465 g/mol. The van der Waals surface area contributed by atoms with Gasteiger partial charge in [-0.25, -0.2) is 9.97 Å². The van der Waals surface area contributed by atoms with E-state index in [1.807, 2.05) is 48.5 Å². The van der Waals surface area contributed by atoms with Crippen LogP contribution in [0.25, 0.3) is 42.7 Å². The summed E-state index contributed by atoms with van der Waals surface area (Å²) in [5.41, 5.74) is 19.7. The molecule has 0 saturated heterocycles. The smallest absolute Gasteiger partial charge is 0.158 e. The first kappa shape index (κ1) is 20.2. The SMILES string of the molecule is Nc1ccc(-c2cccc3sc(Sc4nc5c(-c6ccc(N)cc6)cccc5s4)nc23)cc1. The van der Waals surface area contributed by atoms with E-state index in [2.05, 4.69) is 36.4 Å². The number of nitrogens with zero attached hydrogens (tertiary/aromatic N) is 2. The van der Waals surface area contributed by atoms with E-state index in [1.54, 1.807) is 34.4 Å². The number of rotatable bonds is 4. The van der Waals surface area contributed by atoms with Crippen LogP contribution in [0.2, 0.25) is 0 Å². The highest BCUT2D eigenvalue weighted by atomic mass is 32.2. The Bertz CT molecular complexity index is 1480. The van der Waals surface area contributed by atoms with Gasteiger partial charge in [-0.3, -0.25) is 0 Å². The maximum Gasteiger partial charge on any atom is 0.158 e. The summed E-state index contributed by atoms with van der Waals surface area (Å²) in [7, 11) is 0. The van der Waals surface area contributed by atoms with Crippen molar-refractivity contribution in [2.75, 3.05) is 11.5 Å². The molecule has 2 aromatic heterocycles. The van der Waals surface area contributed by atoms with E-state index in [4.69, 9.17) is 21.4 Å². The first-order valence-electron chi connectivity index (χ1n) is 10.3. The maximum absolute atomic E-state index is 5.87. The van der Waals surface area contributed by atoms with Gasteiger partial charge in [-0.2, -0.15) is 0 Å². The first-order valence-corrected chi connectivity index (χ1v) is 12.8. The number of nitrogen functional groups attached to an aromatic ring is 2. The predicted octanol–water partition coefficient (Wildman–Crippen LogP) is 7.56. The Balaban J connectivity index is 1.37. The van der Waals surface area contributed by atoms with E-state index in [0.29, 0.717) is 0 Å². The van der Waals surface area contributed by atoms with Crippen LogP contribution in [0.1, 0.15) is 0 Å². The quantitative estimate of drug-likeness (QED) is 0.254. The molecule has 0 spiro atoms. The van der Waals surface area contributed by atoms with E-state index in [1.165, 1.54) is 0 Å². The van der Waals surface area contributed by atoms with Crippen molar-refractivity contribution in [1.82, 2.24) is 9.97 Å². The summed E-state index contributed by atoms with van der Waals surface area (Å²) in [4.78, 5) is 9.94. The molecule has 4 N–H and O–H groups in total. The second-order valence-electron chi connectivity index (χ2n) is 7.61. The van der Waals surface area contributed by atoms with E-state index in [-0.39, 0.29) is 0 Å². The molecule has 0 unspecified atom stereocenters. The molecule has 0 amide bonds. The van der Waals surface area contributed by atoms with Crippen LogP contribution in [0.5, 0.6) is 0 Å². The number of nitrogens with two attached hydrogens (primary N) is 2. The van der Waals surface area contributed by atoms with Crippen molar-refractivity contribution in [2.45, 2.75) is 8.68 Å². The lowest BCUT2D eigenvalue weighted by molar-refractivity contribution is 1.26. The van der Waals surface area contributed by atoms with Crippen LogP contribution in [0.4, 0.5) is 11.4 Å². The number of hydrogen-bond acceptors (Lipinski definition) is 7. The van der Waals surface area contributed by atoms with Gasteiger partial charge in [0.25, 0.3) is 0 Å². The normalized spacial score (nSPS) is 11.4. The fourth-order valence-electron chi connectivity index (χ4n) is 3.81. The summed E-state index contributed by atoms with van der Waals surface area (Å²) >= 11 is 5.02. The number of para-hydroxylation sites is 2. The number of benzene rings is 4. The fourth-order valence-corrected chi connectivity index (χ4v) is 7.18.